The fraction of sp³-hybridized carbons (Fsp3) is 0.765. The number of imidazole rings is 1. The molecule has 1 saturated heterocycles. The molecule has 1 aliphatic carbocycles. The van der Waals surface area contributed by atoms with E-state index in [4.69, 9.17) is 14.8 Å². The third-order valence-corrected chi connectivity index (χ3v) is 6.57. The summed E-state index contributed by atoms with van der Waals surface area (Å²) in [6.45, 7) is 12.1. The van der Waals surface area contributed by atoms with Crippen LogP contribution in [0.25, 0.3) is 4.96 Å². The maximum atomic E-state index is 5.92. The highest BCUT2D eigenvalue weighted by Gasteiger charge is 2.61. The Bertz CT molecular complexity index is 710. The summed E-state index contributed by atoms with van der Waals surface area (Å²) < 4.78 is 7.86. The van der Waals surface area contributed by atoms with Gasteiger partial charge in [-0.1, -0.05) is 46.0 Å². The normalized spacial score (nSPS) is 29.6. The van der Waals surface area contributed by atoms with E-state index in [1.807, 2.05) is 4.52 Å². The van der Waals surface area contributed by atoms with Crippen molar-refractivity contribution in [1.29, 1.82) is 0 Å². The summed E-state index contributed by atoms with van der Waals surface area (Å²) >= 11 is 1.68. The lowest BCUT2D eigenvalue weighted by molar-refractivity contribution is -0.101. The van der Waals surface area contributed by atoms with Crippen molar-refractivity contribution < 1.29 is 4.74 Å². The molecule has 2 fully saturated rings. The Kier molecular flexibility index (Phi) is 3.14. The van der Waals surface area contributed by atoms with Gasteiger partial charge in [-0.15, -0.1) is 5.10 Å². The highest BCUT2D eigenvalue weighted by molar-refractivity contribution is 7.20. The Morgan fingerprint density at radius 1 is 1.39 bits per heavy atom. The van der Waals surface area contributed by atoms with Crippen LogP contribution in [0.5, 0.6) is 0 Å². The van der Waals surface area contributed by atoms with Crippen molar-refractivity contribution in [2.45, 2.75) is 58.6 Å². The van der Waals surface area contributed by atoms with Crippen molar-refractivity contribution in [2.24, 2.45) is 11.3 Å². The molecule has 0 bridgehead atoms. The largest absolute Gasteiger partial charge is 0.377 e. The highest BCUT2D eigenvalue weighted by atomic mass is 32.1. The summed E-state index contributed by atoms with van der Waals surface area (Å²) in [6, 6.07) is 0.493. The molecule has 5 nitrogen and oxygen atoms in total. The van der Waals surface area contributed by atoms with Crippen LogP contribution in [0.2, 0.25) is 0 Å². The number of nitrogens with zero attached hydrogens (tertiary/aromatic N) is 4. The van der Waals surface area contributed by atoms with Crippen molar-refractivity contribution in [1.82, 2.24) is 14.6 Å². The van der Waals surface area contributed by atoms with Gasteiger partial charge in [0, 0.05) is 36.4 Å². The first-order valence-electron chi connectivity index (χ1n) is 8.41. The number of rotatable bonds is 2. The molecule has 0 radical (unpaired) electrons. The van der Waals surface area contributed by atoms with Gasteiger partial charge >= 0.3 is 0 Å². The van der Waals surface area contributed by atoms with Crippen LogP contribution in [0.3, 0.4) is 0 Å². The molecule has 0 unspecified atom stereocenters. The lowest BCUT2D eigenvalue weighted by Gasteiger charge is -2.57. The predicted octanol–water partition coefficient (Wildman–Crippen LogP) is 3.34. The molecule has 2 aliphatic rings. The van der Waals surface area contributed by atoms with E-state index in [1.165, 1.54) is 6.42 Å². The van der Waals surface area contributed by atoms with Crippen LogP contribution in [0.15, 0.2) is 6.20 Å². The minimum atomic E-state index is 0.0594. The van der Waals surface area contributed by atoms with E-state index in [1.54, 1.807) is 11.3 Å². The zero-order valence-corrected chi connectivity index (χ0v) is 15.6. The molecule has 1 saturated carbocycles. The molecule has 2 aromatic rings. The first-order chi connectivity index (χ1) is 10.7. The smallest absolute Gasteiger partial charge is 0.214 e. The van der Waals surface area contributed by atoms with Crippen LogP contribution in [-0.2, 0) is 10.2 Å². The van der Waals surface area contributed by atoms with Crippen molar-refractivity contribution >= 4 is 21.4 Å². The molecule has 0 spiro atoms. The topological polar surface area (TPSA) is 42.7 Å². The van der Waals surface area contributed by atoms with Crippen LogP contribution in [0, 0.1) is 11.3 Å². The van der Waals surface area contributed by atoms with Gasteiger partial charge in [0.05, 0.1) is 18.0 Å². The van der Waals surface area contributed by atoms with E-state index in [-0.39, 0.29) is 10.8 Å². The standard InChI is InChI=1S/C17H26N4OS/c1-16(2,3)11-9-21-14(18-11)23-15(19-21)20(6)12-10-7-8-22-13(10)17(12,4)5/h9-10,12-13H,7-8H2,1-6H3/t10-,12+,13+/m0/s1. The molecule has 2 aromatic heterocycles. The number of hydrogen-bond donors (Lipinski definition) is 0. The van der Waals surface area contributed by atoms with E-state index in [0.29, 0.717) is 18.1 Å². The molecule has 4 rings (SSSR count). The van der Waals surface area contributed by atoms with E-state index in [9.17, 15) is 0 Å². The van der Waals surface area contributed by atoms with Gasteiger partial charge in [-0.2, -0.15) is 0 Å². The molecule has 0 amide bonds. The van der Waals surface area contributed by atoms with E-state index >= 15 is 0 Å². The maximum absolute atomic E-state index is 5.92. The van der Waals surface area contributed by atoms with Crippen LogP contribution in [0.4, 0.5) is 5.13 Å². The lowest BCUT2D eigenvalue weighted by Crippen LogP contribution is -2.66. The monoisotopic (exact) mass is 334 g/mol. The highest BCUT2D eigenvalue weighted by Crippen LogP contribution is 2.55. The second-order valence-electron chi connectivity index (χ2n) is 8.61. The minimum Gasteiger partial charge on any atom is -0.377 e. The number of anilines is 1. The number of hydrogen-bond acceptors (Lipinski definition) is 5. The van der Waals surface area contributed by atoms with Crippen molar-refractivity contribution in [3.63, 3.8) is 0 Å². The second-order valence-corrected chi connectivity index (χ2v) is 9.54. The SMILES string of the molecule is CN(c1nn2cc(C(C)(C)C)nc2s1)[C@@H]1[C@@H]2CCO[C@H]2C1(C)C. The quantitative estimate of drug-likeness (QED) is 0.845. The summed E-state index contributed by atoms with van der Waals surface area (Å²) in [4.78, 5) is 8.09. The molecule has 126 valence electrons. The summed E-state index contributed by atoms with van der Waals surface area (Å²) in [6.07, 6.45) is 3.64. The molecule has 23 heavy (non-hydrogen) atoms. The van der Waals surface area contributed by atoms with Gasteiger partial charge in [0.1, 0.15) is 0 Å². The average molecular weight is 334 g/mol. The first kappa shape index (κ1) is 15.4. The van der Waals surface area contributed by atoms with E-state index in [2.05, 4.69) is 52.8 Å². The van der Waals surface area contributed by atoms with Crippen LogP contribution in [-0.4, -0.2) is 40.4 Å². The summed E-state index contributed by atoms with van der Waals surface area (Å²) in [5, 5.41) is 5.84. The number of fused-ring (bicyclic) bond motifs is 2. The Morgan fingerprint density at radius 2 is 2.13 bits per heavy atom. The minimum absolute atomic E-state index is 0.0594. The molecular formula is C17H26N4OS. The van der Waals surface area contributed by atoms with Crippen molar-refractivity contribution in [3.8, 4) is 0 Å². The van der Waals surface area contributed by atoms with Gasteiger partial charge in [0.15, 0.2) is 0 Å². The Hall–Kier alpha value is -1.14. The number of aromatic nitrogens is 3. The average Bonchev–Trinajstić information content (AvgIpc) is 3.08. The first-order valence-corrected chi connectivity index (χ1v) is 9.22. The molecule has 0 N–H and O–H groups in total. The molecule has 3 atom stereocenters. The summed E-state index contributed by atoms with van der Waals surface area (Å²) in [5.41, 5.74) is 1.34. The Balaban J connectivity index is 1.63. The molecule has 0 aromatic carbocycles. The Morgan fingerprint density at radius 3 is 2.78 bits per heavy atom. The lowest BCUT2D eigenvalue weighted by atomic mass is 9.57. The third-order valence-electron chi connectivity index (χ3n) is 5.56. The van der Waals surface area contributed by atoms with E-state index in [0.717, 1.165) is 22.4 Å². The van der Waals surface area contributed by atoms with Crippen LogP contribution >= 0.6 is 11.3 Å². The van der Waals surface area contributed by atoms with Crippen molar-refractivity contribution in [3.05, 3.63) is 11.9 Å². The number of ether oxygens (including phenoxy) is 1. The zero-order chi connectivity index (χ0) is 16.6. The Labute approximate surface area is 141 Å². The zero-order valence-electron chi connectivity index (χ0n) is 14.8. The van der Waals surface area contributed by atoms with Gasteiger partial charge in [-0.3, -0.25) is 0 Å². The van der Waals surface area contributed by atoms with E-state index < -0.39 is 0 Å². The molecular weight excluding hydrogens is 308 g/mol. The third kappa shape index (κ3) is 2.14. The van der Waals surface area contributed by atoms with Gasteiger partial charge in [-0.25, -0.2) is 9.50 Å². The summed E-state index contributed by atoms with van der Waals surface area (Å²) in [5.74, 6) is 0.636. The van der Waals surface area contributed by atoms with Gasteiger partial charge < -0.3 is 9.64 Å². The molecule has 3 heterocycles. The summed E-state index contributed by atoms with van der Waals surface area (Å²) in [7, 11) is 2.17. The van der Waals surface area contributed by atoms with Gasteiger partial charge in [-0.05, 0) is 6.42 Å². The predicted molar refractivity (Wildman–Crippen MR) is 93.4 cm³/mol. The fourth-order valence-electron chi connectivity index (χ4n) is 4.40. The maximum Gasteiger partial charge on any atom is 0.214 e. The van der Waals surface area contributed by atoms with Gasteiger partial charge in [0.25, 0.3) is 0 Å². The van der Waals surface area contributed by atoms with Gasteiger partial charge in [0.2, 0.25) is 10.1 Å². The molecule has 1 aliphatic heterocycles. The fourth-order valence-corrected chi connectivity index (χ4v) is 5.28. The van der Waals surface area contributed by atoms with Crippen molar-refractivity contribution in [2.75, 3.05) is 18.6 Å². The van der Waals surface area contributed by atoms with Crippen LogP contribution in [0.1, 0.15) is 46.7 Å². The second kappa shape index (κ2) is 4.70. The molecule has 6 heteroatoms. The van der Waals surface area contributed by atoms with Crippen LogP contribution < -0.4 is 4.90 Å².